The van der Waals surface area contributed by atoms with E-state index in [1.54, 1.807) is 0 Å². The van der Waals surface area contributed by atoms with E-state index in [1.807, 2.05) is 0 Å². The molecule has 1 aliphatic rings. The monoisotopic (exact) mass is 210 g/mol. The second-order valence-electron chi connectivity index (χ2n) is 6.22. The summed E-state index contributed by atoms with van der Waals surface area (Å²) in [6.45, 7) is 12.2. The summed E-state index contributed by atoms with van der Waals surface area (Å²) < 4.78 is 0. The molecule has 0 aromatic rings. The molecule has 4 unspecified atom stereocenters. The summed E-state index contributed by atoms with van der Waals surface area (Å²) in [6, 6.07) is 0. The smallest absolute Gasteiger partial charge is 0.0272 e. The van der Waals surface area contributed by atoms with Crippen LogP contribution in [0.3, 0.4) is 0 Å². The van der Waals surface area contributed by atoms with Gasteiger partial charge in [0.05, 0.1) is 0 Å². The zero-order chi connectivity index (χ0) is 11.5. The van der Waals surface area contributed by atoms with Gasteiger partial charge in [-0.1, -0.05) is 60.3 Å². The molecule has 0 N–H and O–H groups in total. The molecule has 1 aliphatic carbocycles. The molecular formula is C15H30. The quantitative estimate of drug-likeness (QED) is 0.542. The highest BCUT2D eigenvalue weighted by Crippen LogP contribution is 2.53. The zero-order valence-corrected chi connectivity index (χ0v) is 11.5. The molecule has 0 aromatic heterocycles. The Kier molecular flexibility index (Phi) is 4.67. The molecule has 1 fully saturated rings. The molecule has 90 valence electrons. The lowest BCUT2D eigenvalue weighted by Gasteiger charge is -2.35. The fourth-order valence-electron chi connectivity index (χ4n) is 3.54. The van der Waals surface area contributed by atoms with Crippen molar-refractivity contribution in [3.8, 4) is 0 Å². The van der Waals surface area contributed by atoms with Gasteiger partial charge in [-0.2, -0.15) is 0 Å². The Balaban J connectivity index is 2.43. The largest absolute Gasteiger partial charge is 0.0654 e. The van der Waals surface area contributed by atoms with Crippen molar-refractivity contribution >= 4 is 0 Å². The Morgan fingerprint density at radius 2 is 1.73 bits per heavy atom. The van der Waals surface area contributed by atoms with Crippen LogP contribution in [0.4, 0.5) is 0 Å². The first kappa shape index (κ1) is 13.1. The van der Waals surface area contributed by atoms with Crippen LogP contribution in [-0.2, 0) is 0 Å². The van der Waals surface area contributed by atoms with E-state index in [0.717, 1.165) is 17.8 Å². The SMILES string of the molecule is CCCCCCC1(C)C(C)CC(C)C1C. The lowest BCUT2D eigenvalue weighted by Crippen LogP contribution is -2.26. The molecule has 1 saturated carbocycles. The van der Waals surface area contributed by atoms with Crippen LogP contribution in [0, 0.1) is 23.2 Å². The fourth-order valence-corrected chi connectivity index (χ4v) is 3.54. The highest BCUT2D eigenvalue weighted by molar-refractivity contribution is 4.94. The first-order valence-corrected chi connectivity index (χ1v) is 7.02. The van der Waals surface area contributed by atoms with Gasteiger partial charge in [-0.3, -0.25) is 0 Å². The van der Waals surface area contributed by atoms with Crippen molar-refractivity contribution < 1.29 is 0 Å². The molecule has 15 heavy (non-hydrogen) atoms. The first-order chi connectivity index (χ1) is 7.02. The normalized spacial score (nSPS) is 41.0. The Labute approximate surface area is 96.8 Å². The maximum Gasteiger partial charge on any atom is -0.0272 e. The molecule has 0 aromatic carbocycles. The average Bonchev–Trinajstić information content (AvgIpc) is 2.39. The lowest BCUT2D eigenvalue weighted by molar-refractivity contribution is 0.148. The minimum absolute atomic E-state index is 0.632. The Morgan fingerprint density at radius 1 is 1.07 bits per heavy atom. The second kappa shape index (κ2) is 5.37. The molecule has 4 atom stereocenters. The maximum absolute atomic E-state index is 2.54. The summed E-state index contributed by atoms with van der Waals surface area (Å²) in [6.07, 6.45) is 8.59. The highest BCUT2D eigenvalue weighted by Gasteiger charge is 2.44. The van der Waals surface area contributed by atoms with Gasteiger partial charge in [-0.15, -0.1) is 0 Å². The van der Waals surface area contributed by atoms with Crippen LogP contribution >= 0.6 is 0 Å². The van der Waals surface area contributed by atoms with Crippen molar-refractivity contribution in [3.05, 3.63) is 0 Å². The summed E-state index contributed by atoms with van der Waals surface area (Å²) in [5.41, 5.74) is 0.632. The molecule has 0 heteroatoms. The van der Waals surface area contributed by atoms with Crippen molar-refractivity contribution in [1.82, 2.24) is 0 Å². The topological polar surface area (TPSA) is 0 Å². The van der Waals surface area contributed by atoms with Gasteiger partial charge in [-0.25, -0.2) is 0 Å². The van der Waals surface area contributed by atoms with Crippen molar-refractivity contribution in [1.29, 1.82) is 0 Å². The van der Waals surface area contributed by atoms with Crippen LogP contribution in [0.2, 0.25) is 0 Å². The molecule has 0 aliphatic heterocycles. The molecule has 1 rings (SSSR count). The van der Waals surface area contributed by atoms with Crippen molar-refractivity contribution in [3.63, 3.8) is 0 Å². The van der Waals surface area contributed by atoms with Crippen molar-refractivity contribution in [2.75, 3.05) is 0 Å². The van der Waals surface area contributed by atoms with E-state index in [4.69, 9.17) is 0 Å². The van der Waals surface area contributed by atoms with Gasteiger partial charge in [-0.05, 0) is 36.0 Å². The highest BCUT2D eigenvalue weighted by atomic mass is 14.5. The summed E-state index contributed by atoms with van der Waals surface area (Å²) in [5.74, 6) is 2.80. The third kappa shape index (κ3) is 2.77. The van der Waals surface area contributed by atoms with Crippen molar-refractivity contribution in [2.24, 2.45) is 23.2 Å². The molecule has 0 amide bonds. The van der Waals surface area contributed by atoms with Crippen LogP contribution in [0.15, 0.2) is 0 Å². The van der Waals surface area contributed by atoms with Crippen LogP contribution in [-0.4, -0.2) is 0 Å². The number of rotatable bonds is 5. The number of unbranched alkanes of at least 4 members (excludes halogenated alkanes) is 3. The van der Waals surface area contributed by atoms with E-state index in [-0.39, 0.29) is 0 Å². The standard InChI is InChI=1S/C15H30/c1-6-7-8-9-10-15(5)13(3)11-12(2)14(15)4/h12-14H,6-11H2,1-5H3. The molecular weight excluding hydrogens is 180 g/mol. The van der Waals surface area contributed by atoms with Gasteiger partial charge in [0.2, 0.25) is 0 Å². The molecule has 0 saturated heterocycles. The van der Waals surface area contributed by atoms with Gasteiger partial charge < -0.3 is 0 Å². The van der Waals surface area contributed by atoms with Crippen LogP contribution in [0.5, 0.6) is 0 Å². The fraction of sp³-hybridized carbons (Fsp3) is 1.00. The number of hydrogen-bond acceptors (Lipinski definition) is 0. The van der Waals surface area contributed by atoms with E-state index < -0.39 is 0 Å². The summed E-state index contributed by atoms with van der Waals surface area (Å²) >= 11 is 0. The Bertz CT molecular complexity index is 184. The molecule has 0 spiro atoms. The van der Waals surface area contributed by atoms with Gasteiger partial charge in [0.25, 0.3) is 0 Å². The average molecular weight is 210 g/mol. The minimum Gasteiger partial charge on any atom is -0.0654 e. The van der Waals surface area contributed by atoms with Crippen LogP contribution in [0.1, 0.15) is 73.1 Å². The summed E-state index contributed by atoms with van der Waals surface area (Å²) in [7, 11) is 0. The first-order valence-electron chi connectivity index (χ1n) is 7.02. The van der Waals surface area contributed by atoms with E-state index in [0.29, 0.717) is 5.41 Å². The van der Waals surface area contributed by atoms with Gasteiger partial charge in [0.15, 0.2) is 0 Å². The third-order valence-corrected chi connectivity index (χ3v) is 5.31. The van der Waals surface area contributed by atoms with Crippen molar-refractivity contribution in [2.45, 2.75) is 73.1 Å². The molecule has 0 heterocycles. The van der Waals surface area contributed by atoms with E-state index in [1.165, 1.54) is 38.5 Å². The lowest BCUT2D eigenvalue weighted by atomic mass is 9.70. The van der Waals surface area contributed by atoms with Gasteiger partial charge >= 0.3 is 0 Å². The Hall–Kier alpha value is 0. The second-order valence-corrected chi connectivity index (χ2v) is 6.22. The molecule has 0 radical (unpaired) electrons. The van der Waals surface area contributed by atoms with Gasteiger partial charge in [0, 0.05) is 0 Å². The van der Waals surface area contributed by atoms with E-state index in [9.17, 15) is 0 Å². The predicted octanol–water partition coefficient (Wildman–Crippen LogP) is 5.28. The maximum atomic E-state index is 2.54. The van der Waals surface area contributed by atoms with Gasteiger partial charge in [0.1, 0.15) is 0 Å². The van der Waals surface area contributed by atoms with E-state index in [2.05, 4.69) is 34.6 Å². The zero-order valence-electron chi connectivity index (χ0n) is 11.5. The summed E-state index contributed by atoms with van der Waals surface area (Å²) in [4.78, 5) is 0. The molecule has 0 nitrogen and oxygen atoms in total. The number of hydrogen-bond donors (Lipinski definition) is 0. The summed E-state index contributed by atoms with van der Waals surface area (Å²) in [5, 5.41) is 0. The molecule has 0 bridgehead atoms. The van der Waals surface area contributed by atoms with E-state index >= 15 is 0 Å². The Morgan fingerprint density at radius 3 is 2.20 bits per heavy atom. The minimum atomic E-state index is 0.632. The van der Waals surface area contributed by atoms with Crippen LogP contribution in [0.25, 0.3) is 0 Å². The van der Waals surface area contributed by atoms with Crippen LogP contribution < -0.4 is 0 Å². The third-order valence-electron chi connectivity index (χ3n) is 5.31. The predicted molar refractivity (Wildman–Crippen MR) is 69.0 cm³/mol.